The van der Waals surface area contributed by atoms with E-state index in [4.69, 9.17) is 4.98 Å². The van der Waals surface area contributed by atoms with Crippen molar-refractivity contribution in [3.63, 3.8) is 0 Å². The number of amides is 1. The molecule has 1 amide bonds. The molecule has 0 radical (unpaired) electrons. The van der Waals surface area contributed by atoms with E-state index >= 15 is 0 Å². The number of hydrogen-bond donors (Lipinski definition) is 1. The Balaban J connectivity index is 1.42. The van der Waals surface area contributed by atoms with Crippen LogP contribution >= 0.6 is 11.3 Å². The van der Waals surface area contributed by atoms with E-state index in [1.165, 1.54) is 10.3 Å². The molecule has 4 aromatic rings. The highest BCUT2D eigenvalue weighted by molar-refractivity contribution is 7.21. The normalized spacial score (nSPS) is 10.9. The largest absolute Gasteiger partial charge is 0.377 e. The fraction of sp³-hybridized carbons (Fsp3) is 0.174. The summed E-state index contributed by atoms with van der Waals surface area (Å²) >= 11 is 1.68. The number of carbonyl (C=O) groups is 1. The monoisotopic (exact) mass is 403 g/mol. The average molecular weight is 404 g/mol. The predicted octanol–water partition coefficient (Wildman–Crippen LogP) is 4.26. The highest BCUT2D eigenvalue weighted by Crippen LogP contribution is 2.31. The van der Waals surface area contributed by atoms with Crippen molar-refractivity contribution >= 4 is 38.8 Å². The smallest absolute Gasteiger partial charge is 0.290 e. The number of benzene rings is 2. The quantitative estimate of drug-likeness (QED) is 0.507. The molecule has 1 N–H and O–H groups in total. The molecule has 0 aliphatic carbocycles. The minimum absolute atomic E-state index is 0.0594. The average Bonchev–Trinajstić information content (AvgIpc) is 3.12. The van der Waals surface area contributed by atoms with E-state index in [9.17, 15) is 4.79 Å². The minimum atomic E-state index is -0.0594. The van der Waals surface area contributed by atoms with Gasteiger partial charge >= 0.3 is 0 Å². The first-order valence-electron chi connectivity index (χ1n) is 9.42. The summed E-state index contributed by atoms with van der Waals surface area (Å²) < 4.78 is 3.05. The summed E-state index contributed by atoms with van der Waals surface area (Å²) in [6.07, 6.45) is 3.82. The molecular weight excluding hydrogens is 380 g/mol. The van der Waals surface area contributed by atoms with E-state index in [1.807, 2.05) is 72.4 Å². The van der Waals surface area contributed by atoms with Crippen LogP contribution in [0.1, 0.15) is 5.56 Å². The molecule has 0 atom stereocenters. The van der Waals surface area contributed by atoms with Gasteiger partial charge in [-0.3, -0.25) is 4.79 Å². The second-order valence-corrected chi connectivity index (χ2v) is 8.27. The lowest BCUT2D eigenvalue weighted by Gasteiger charge is -2.10. The van der Waals surface area contributed by atoms with Gasteiger partial charge in [0, 0.05) is 43.2 Å². The topological polar surface area (TPSA) is 49.1 Å². The Morgan fingerprint density at radius 3 is 2.48 bits per heavy atom. The molecule has 0 aliphatic rings. The number of anilines is 2. The van der Waals surface area contributed by atoms with Crippen LogP contribution in [0.4, 0.5) is 11.4 Å². The summed E-state index contributed by atoms with van der Waals surface area (Å²) in [5, 5.41) is 3.94. The highest BCUT2D eigenvalue weighted by atomic mass is 32.1. The van der Waals surface area contributed by atoms with Gasteiger partial charge in [-0.2, -0.15) is 4.57 Å². The van der Waals surface area contributed by atoms with Crippen molar-refractivity contribution in [2.24, 2.45) is 0 Å². The zero-order valence-electron chi connectivity index (χ0n) is 16.7. The van der Waals surface area contributed by atoms with Gasteiger partial charge in [0.25, 0.3) is 5.91 Å². The number of rotatable bonds is 5. The number of hydrogen-bond acceptors (Lipinski definition) is 4. The SMILES string of the molecule is Cc1ccc2nc(-c3ccc(NC(=O)C[n+]4ccc(N(C)C)cc4)cc3)sc2c1. The Morgan fingerprint density at radius 2 is 1.79 bits per heavy atom. The molecule has 2 aromatic heterocycles. The van der Waals surface area contributed by atoms with Crippen molar-refractivity contribution in [2.45, 2.75) is 13.5 Å². The number of aryl methyl sites for hydroxylation is 1. The molecule has 0 saturated carbocycles. The summed E-state index contributed by atoms with van der Waals surface area (Å²) in [5.74, 6) is -0.0594. The van der Waals surface area contributed by atoms with Crippen LogP contribution in [0.5, 0.6) is 0 Å². The summed E-state index contributed by atoms with van der Waals surface area (Å²) in [4.78, 5) is 19.1. The van der Waals surface area contributed by atoms with Gasteiger partial charge in [-0.25, -0.2) is 4.98 Å². The van der Waals surface area contributed by atoms with E-state index in [1.54, 1.807) is 11.3 Å². The molecule has 4 rings (SSSR count). The maximum atomic E-state index is 12.4. The Kier molecular flexibility index (Phi) is 5.27. The number of fused-ring (bicyclic) bond motifs is 1. The molecule has 29 heavy (non-hydrogen) atoms. The lowest BCUT2D eigenvalue weighted by atomic mass is 10.2. The number of thiazole rings is 1. The van der Waals surface area contributed by atoms with Crippen LogP contribution in [-0.2, 0) is 11.3 Å². The Bertz CT molecular complexity index is 1150. The molecule has 0 fully saturated rings. The van der Waals surface area contributed by atoms with E-state index in [0.29, 0.717) is 0 Å². The van der Waals surface area contributed by atoms with Crippen LogP contribution in [0.25, 0.3) is 20.8 Å². The summed E-state index contributed by atoms with van der Waals surface area (Å²) in [6.45, 7) is 2.36. The number of carbonyl (C=O) groups excluding carboxylic acids is 1. The van der Waals surface area contributed by atoms with Gasteiger partial charge in [0.15, 0.2) is 12.4 Å². The maximum Gasteiger partial charge on any atom is 0.290 e. The van der Waals surface area contributed by atoms with E-state index in [2.05, 4.69) is 30.4 Å². The van der Waals surface area contributed by atoms with Crippen molar-refractivity contribution in [1.82, 2.24) is 4.98 Å². The Morgan fingerprint density at radius 1 is 1.07 bits per heavy atom. The van der Waals surface area contributed by atoms with Gasteiger partial charge in [0.2, 0.25) is 6.54 Å². The van der Waals surface area contributed by atoms with Gasteiger partial charge in [0.1, 0.15) is 5.01 Å². The third-order valence-electron chi connectivity index (χ3n) is 4.68. The summed E-state index contributed by atoms with van der Waals surface area (Å²) in [5.41, 5.74) is 5.18. The third-order valence-corrected chi connectivity index (χ3v) is 5.74. The van der Waals surface area contributed by atoms with Crippen molar-refractivity contribution in [3.05, 3.63) is 72.6 Å². The molecule has 2 heterocycles. The van der Waals surface area contributed by atoms with Crippen LogP contribution < -0.4 is 14.8 Å². The molecule has 0 spiro atoms. The van der Waals surface area contributed by atoms with Gasteiger partial charge in [-0.05, 0) is 48.9 Å². The first-order valence-corrected chi connectivity index (χ1v) is 10.2. The Hall–Kier alpha value is -3.25. The summed E-state index contributed by atoms with van der Waals surface area (Å²) in [6, 6.07) is 18.1. The van der Waals surface area contributed by atoms with Gasteiger partial charge < -0.3 is 10.2 Å². The number of nitrogens with one attached hydrogen (secondary N) is 1. The van der Waals surface area contributed by atoms with Crippen LogP contribution in [0.15, 0.2) is 67.0 Å². The standard InChI is InChI=1S/C23H22N4OS/c1-16-4-9-20-21(14-16)29-23(25-20)17-5-7-18(8-6-17)24-22(28)15-27-12-10-19(11-13-27)26(2)3/h4-14H,15H2,1-3H3/p+1. The molecule has 2 aromatic carbocycles. The van der Waals surface area contributed by atoms with Crippen molar-refractivity contribution in [3.8, 4) is 10.6 Å². The van der Waals surface area contributed by atoms with Crippen molar-refractivity contribution in [2.75, 3.05) is 24.3 Å². The number of pyridine rings is 1. The van der Waals surface area contributed by atoms with Gasteiger partial charge in [0.05, 0.1) is 10.2 Å². The minimum Gasteiger partial charge on any atom is -0.377 e. The highest BCUT2D eigenvalue weighted by Gasteiger charge is 2.11. The second kappa shape index (κ2) is 8.01. The second-order valence-electron chi connectivity index (χ2n) is 7.24. The molecule has 0 unspecified atom stereocenters. The fourth-order valence-electron chi connectivity index (χ4n) is 3.07. The van der Waals surface area contributed by atoms with Crippen LogP contribution in [0.3, 0.4) is 0 Å². The lowest BCUT2D eigenvalue weighted by Crippen LogP contribution is -2.39. The number of aromatic nitrogens is 2. The van der Waals surface area contributed by atoms with Crippen LogP contribution in [0.2, 0.25) is 0 Å². The molecule has 0 saturated heterocycles. The zero-order valence-corrected chi connectivity index (χ0v) is 17.5. The lowest BCUT2D eigenvalue weighted by molar-refractivity contribution is -0.684. The first kappa shape index (κ1) is 19.1. The van der Waals surface area contributed by atoms with E-state index < -0.39 is 0 Å². The van der Waals surface area contributed by atoms with Crippen LogP contribution in [0, 0.1) is 6.92 Å². The molecule has 5 nitrogen and oxygen atoms in total. The molecule has 6 heteroatoms. The fourth-order valence-corrected chi connectivity index (χ4v) is 4.14. The maximum absolute atomic E-state index is 12.4. The Labute approximate surface area is 174 Å². The molecule has 0 aliphatic heterocycles. The van der Waals surface area contributed by atoms with E-state index in [-0.39, 0.29) is 12.5 Å². The van der Waals surface area contributed by atoms with E-state index in [0.717, 1.165) is 27.5 Å². The van der Waals surface area contributed by atoms with Gasteiger partial charge in [-0.15, -0.1) is 11.3 Å². The van der Waals surface area contributed by atoms with Crippen molar-refractivity contribution < 1.29 is 9.36 Å². The molecule has 146 valence electrons. The zero-order chi connectivity index (χ0) is 20.4. The molecule has 0 bridgehead atoms. The molecular formula is C23H23N4OS+. The first-order chi connectivity index (χ1) is 14.0. The van der Waals surface area contributed by atoms with Crippen molar-refractivity contribution in [1.29, 1.82) is 0 Å². The number of nitrogens with zero attached hydrogens (tertiary/aromatic N) is 3. The predicted molar refractivity (Wildman–Crippen MR) is 119 cm³/mol. The summed E-state index contributed by atoms with van der Waals surface area (Å²) in [7, 11) is 3.98. The third kappa shape index (κ3) is 4.43. The van der Waals surface area contributed by atoms with Crippen LogP contribution in [-0.4, -0.2) is 25.0 Å². The van der Waals surface area contributed by atoms with Gasteiger partial charge in [-0.1, -0.05) is 6.07 Å².